The summed E-state index contributed by atoms with van der Waals surface area (Å²) in [5.41, 5.74) is 1.51. The average Bonchev–Trinajstić information content (AvgIpc) is 2.90. The first kappa shape index (κ1) is 21.3. The van der Waals surface area contributed by atoms with Crippen LogP contribution in [0.2, 0.25) is 0 Å². The highest BCUT2D eigenvalue weighted by Gasteiger charge is 2.13. The Balaban J connectivity index is 1.56. The SMILES string of the molecule is CCCc1ccc(COCC(F)CCCCC2CCCCNC2)c(F)c1. The summed E-state index contributed by atoms with van der Waals surface area (Å²) >= 11 is 0. The second-order valence-electron chi connectivity index (χ2n) is 7.64. The van der Waals surface area contributed by atoms with Gasteiger partial charge in [0.15, 0.2) is 0 Å². The topological polar surface area (TPSA) is 21.3 Å². The monoisotopic (exact) mass is 367 g/mol. The van der Waals surface area contributed by atoms with E-state index in [9.17, 15) is 8.78 Å². The smallest absolute Gasteiger partial charge is 0.128 e. The van der Waals surface area contributed by atoms with Crippen molar-refractivity contribution < 1.29 is 13.5 Å². The number of unbranched alkanes of at least 4 members (excludes halogenated alkanes) is 1. The third-order valence-corrected chi connectivity index (χ3v) is 5.24. The van der Waals surface area contributed by atoms with Crippen LogP contribution in [0, 0.1) is 11.7 Å². The lowest BCUT2D eigenvalue weighted by Gasteiger charge is -2.14. The van der Waals surface area contributed by atoms with Crippen molar-refractivity contribution in [2.75, 3.05) is 19.7 Å². The van der Waals surface area contributed by atoms with Gasteiger partial charge in [-0.1, -0.05) is 44.7 Å². The van der Waals surface area contributed by atoms with Crippen LogP contribution >= 0.6 is 0 Å². The van der Waals surface area contributed by atoms with Gasteiger partial charge in [-0.05, 0) is 62.7 Å². The van der Waals surface area contributed by atoms with E-state index in [0.717, 1.165) is 50.3 Å². The van der Waals surface area contributed by atoms with Gasteiger partial charge in [-0.25, -0.2) is 8.78 Å². The van der Waals surface area contributed by atoms with Crippen LogP contribution in [-0.2, 0) is 17.8 Å². The first-order valence-electron chi connectivity index (χ1n) is 10.4. The lowest BCUT2D eigenvalue weighted by molar-refractivity contribution is 0.0638. The van der Waals surface area contributed by atoms with Gasteiger partial charge in [0, 0.05) is 5.56 Å². The maximum absolute atomic E-state index is 14.0. The Labute approximate surface area is 157 Å². The summed E-state index contributed by atoms with van der Waals surface area (Å²) < 4.78 is 33.3. The Kier molecular flexibility index (Phi) is 10.2. The molecule has 148 valence electrons. The molecule has 0 bridgehead atoms. The van der Waals surface area contributed by atoms with E-state index in [0.29, 0.717) is 12.0 Å². The van der Waals surface area contributed by atoms with Crippen LogP contribution in [0.15, 0.2) is 18.2 Å². The molecule has 0 aromatic heterocycles. The van der Waals surface area contributed by atoms with Gasteiger partial charge < -0.3 is 10.1 Å². The molecule has 1 aliphatic heterocycles. The molecule has 2 unspecified atom stereocenters. The van der Waals surface area contributed by atoms with Crippen molar-refractivity contribution in [2.24, 2.45) is 5.92 Å². The fourth-order valence-corrected chi connectivity index (χ4v) is 3.67. The lowest BCUT2D eigenvalue weighted by Crippen LogP contribution is -2.20. The molecule has 1 saturated heterocycles. The Morgan fingerprint density at radius 3 is 2.96 bits per heavy atom. The van der Waals surface area contributed by atoms with Crippen LogP contribution in [0.1, 0.15) is 69.4 Å². The number of aryl methyl sites for hydroxylation is 1. The van der Waals surface area contributed by atoms with Gasteiger partial charge in [0.05, 0.1) is 13.2 Å². The minimum absolute atomic E-state index is 0.0567. The summed E-state index contributed by atoms with van der Waals surface area (Å²) in [5.74, 6) is 0.508. The van der Waals surface area contributed by atoms with Crippen molar-refractivity contribution in [3.63, 3.8) is 0 Å². The lowest BCUT2D eigenvalue weighted by atomic mass is 9.96. The highest BCUT2D eigenvalue weighted by Crippen LogP contribution is 2.19. The zero-order valence-corrected chi connectivity index (χ0v) is 16.2. The summed E-state index contributed by atoms with van der Waals surface area (Å²) in [7, 11) is 0. The fourth-order valence-electron chi connectivity index (χ4n) is 3.67. The average molecular weight is 368 g/mol. The van der Waals surface area contributed by atoms with E-state index < -0.39 is 6.17 Å². The Morgan fingerprint density at radius 2 is 2.15 bits per heavy atom. The van der Waals surface area contributed by atoms with E-state index in [1.54, 1.807) is 12.1 Å². The summed E-state index contributed by atoms with van der Waals surface area (Å²) in [5, 5.41) is 3.48. The highest BCUT2D eigenvalue weighted by atomic mass is 19.1. The van der Waals surface area contributed by atoms with Crippen LogP contribution in [0.5, 0.6) is 0 Å². The van der Waals surface area contributed by atoms with Crippen molar-refractivity contribution >= 4 is 0 Å². The molecule has 0 saturated carbocycles. The van der Waals surface area contributed by atoms with Gasteiger partial charge >= 0.3 is 0 Å². The van der Waals surface area contributed by atoms with Gasteiger partial charge in [0.25, 0.3) is 0 Å². The molecule has 0 spiro atoms. The number of halogens is 2. The van der Waals surface area contributed by atoms with Gasteiger partial charge in [-0.2, -0.15) is 0 Å². The molecule has 0 amide bonds. The van der Waals surface area contributed by atoms with E-state index in [1.165, 1.54) is 25.7 Å². The maximum atomic E-state index is 14.0. The first-order valence-corrected chi connectivity index (χ1v) is 10.4. The van der Waals surface area contributed by atoms with Crippen molar-refractivity contribution in [3.05, 3.63) is 35.1 Å². The molecule has 2 rings (SSSR count). The molecule has 1 aliphatic rings. The summed E-state index contributed by atoms with van der Waals surface area (Å²) in [6, 6.07) is 5.26. The molecule has 1 aromatic carbocycles. The van der Waals surface area contributed by atoms with Crippen LogP contribution in [0.3, 0.4) is 0 Å². The zero-order valence-electron chi connectivity index (χ0n) is 16.2. The Bertz CT molecular complexity index is 501. The fraction of sp³-hybridized carbons (Fsp3) is 0.727. The largest absolute Gasteiger partial charge is 0.374 e. The predicted octanol–water partition coefficient (Wildman–Crippen LogP) is 5.58. The minimum atomic E-state index is -0.954. The van der Waals surface area contributed by atoms with E-state index in [4.69, 9.17) is 4.74 Å². The number of hydrogen-bond donors (Lipinski definition) is 1. The van der Waals surface area contributed by atoms with Crippen molar-refractivity contribution in [1.82, 2.24) is 5.32 Å². The number of alkyl halides is 1. The molecule has 0 aliphatic carbocycles. The second-order valence-corrected chi connectivity index (χ2v) is 7.64. The molecule has 1 fully saturated rings. The first-order chi connectivity index (χ1) is 12.7. The second kappa shape index (κ2) is 12.4. The van der Waals surface area contributed by atoms with E-state index in [-0.39, 0.29) is 19.0 Å². The minimum Gasteiger partial charge on any atom is -0.374 e. The van der Waals surface area contributed by atoms with Crippen LogP contribution in [0.25, 0.3) is 0 Å². The van der Waals surface area contributed by atoms with Gasteiger partial charge in [0.1, 0.15) is 12.0 Å². The van der Waals surface area contributed by atoms with Crippen molar-refractivity contribution in [3.8, 4) is 0 Å². The molecule has 1 heterocycles. The van der Waals surface area contributed by atoms with E-state index in [1.807, 2.05) is 6.07 Å². The summed E-state index contributed by atoms with van der Waals surface area (Å²) in [6.07, 6.45) is 8.53. The molecular formula is C22H35F2NO. The number of rotatable bonds is 11. The Morgan fingerprint density at radius 1 is 1.27 bits per heavy atom. The van der Waals surface area contributed by atoms with Crippen LogP contribution in [-0.4, -0.2) is 25.9 Å². The summed E-state index contributed by atoms with van der Waals surface area (Å²) in [4.78, 5) is 0. The third-order valence-electron chi connectivity index (χ3n) is 5.24. The number of ether oxygens (including phenoxy) is 1. The van der Waals surface area contributed by atoms with Crippen molar-refractivity contribution in [1.29, 1.82) is 0 Å². The number of hydrogen-bond acceptors (Lipinski definition) is 2. The molecule has 4 heteroatoms. The van der Waals surface area contributed by atoms with E-state index >= 15 is 0 Å². The number of nitrogens with one attached hydrogen (secondary N) is 1. The third kappa shape index (κ3) is 8.13. The molecule has 1 N–H and O–H groups in total. The maximum Gasteiger partial charge on any atom is 0.128 e. The molecule has 1 aromatic rings. The molecule has 26 heavy (non-hydrogen) atoms. The predicted molar refractivity (Wildman–Crippen MR) is 104 cm³/mol. The molecule has 0 radical (unpaired) electrons. The van der Waals surface area contributed by atoms with Gasteiger partial charge in [-0.15, -0.1) is 0 Å². The van der Waals surface area contributed by atoms with Crippen LogP contribution < -0.4 is 5.32 Å². The molecule has 2 atom stereocenters. The Hall–Kier alpha value is -1.00. The zero-order chi connectivity index (χ0) is 18.6. The quantitative estimate of drug-likeness (QED) is 0.515. The van der Waals surface area contributed by atoms with Gasteiger partial charge in [0.2, 0.25) is 0 Å². The van der Waals surface area contributed by atoms with Gasteiger partial charge in [-0.3, -0.25) is 0 Å². The van der Waals surface area contributed by atoms with Crippen LogP contribution in [0.4, 0.5) is 8.78 Å². The molecular weight excluding hydrogens is 332 g/mol. The number of benzene rings is 1. The van der Waals surface area contributed by atoms with Crippen molar-refractivity contribution in [2.45, 2.75) is 77.5 Å². The normalized spacial score (nSPS) is 19.3. The van der Waals surface area contributed by atoms with E-state index in [2.05, 4.69) is 12.2 Å². The highest BCUT2D eigenvalue weighted by molar-refractivity contribution is 5.24. The summed E-state index contributed by atoms with van der Waals surface area (Å²) in [6.45, 7) is 4.53. The molecule has 2 nitrogen and oxygen atoms in total. The standard InChI is InChI=1S/C22H35F2NO/c1-2-7-18-11-12-20(22(24)14-18)16-26-17-21(23)10-4-3-8-19-9-5-6-13-25-15-19/h11-12,14,19,21,25H,2-10,13,15-17H2,1H3.